The summed E-state index contributed by atoms with van der Waals surface area (Å²) in [6.45, 7) is 1.80. The first-order chi connectivity index (χ1) is 11.6. The second-order valence-electron chi connectivity index (χ2n) is 5.28. The molecule has 0 bridgehead atoms. The number of amides is 2. The summed E-state index contributed by atoms with van der Waals surface area (Å²) in [5, 5.41) is 0.462. The van der Waals surface area contributed by atoms with Crippen LogP contribution in [0.15, 0.2) is 54.6 Å². The van der Waals surface area contributed by atoms with Crippen molar-refractivity contribution in [2.24, 2.45) is 0 Å². The average molecular weight is 325 g/mol. The molecule has 0 spiro atoms. The van der Waals surface area contributed by atoms with Crippen LogP contribution in [0, 0.1) is 0 Å². The molecule has 2 aromatic carbocycles. The molecule has 2 amide bonds. The van der Waals surface area contributed by atoms with Gasteiger partial charge in [-0.15, -0.1) is 5.06 Å². The fourth-order valence-electron chi connectivity index (χ4n) is 2.21. The lowest BCUT2D eigenvalue weighted by molar-refractivity contribution is -0.196. The first-order valence-corrected chi connectivity index (χ1v) is 7.76. The molecule has 0 radical (unpaired) electrons. The number of imide groups is 1. The lowest BCUT2D eigenvalue weighted by Crippen LogP contribution is -2.32. The highest BCUT2D eigenvalue weighted by Crippen LogP contribution is 2.19. The molecule has 5 nitrogen and oxygen atoms in total. The van der Waals surface area contributed by atoms with E-state index in [4.69, 9.17) is 4.84 Å². The molecule has 0 aliphatic heterocycles. The largest absolute Gasteiger partial charge is 0.337 e. The quantitative estimate of drug-likeness (QED) is 0.604. The van der Waals surface area contributed by atoms with Gasteiger partial charge in [0, 0.05) is 6.42 Å². The number of benzene rings is 2. The number of carbonyl (C=O) groups is 3. The monoisotopic (exact) mass is 325 g/mol. The van der Waals surface area contributed by atoms with Crippen molar-refractivity contribution in [3.05, 3.63) is 60.2 Å². The molecule has 0 aliphatic carbocycles. The number of nitrogens with zero attached hydrogens (tertiary/aromatic N) is 1. The van der Waals surface area contributed by atoms with Crippen molar-refractivity contribution in [2.45, 2.75) is 26.2 Å². The first-order valence-electron chi connectivity index (χ1n) is 7.76. The molecule has 0 saturated heterocycles. The molecule has 0 unspecified atom stereocenters. The summed E-state index contributed by atoms with van der Waals surface area (Å²) in [7, 11) is 0. The summed E-state index contributed by atoms with van der Waals surface area (Å²) in [5.41, 5.74) is 2.87. The maximum absolute atomic E-state index is 11.9. The third-order valence-electron chi connectivity index (χ3n) is 3.42. The van der Waals surface area contributed by atoms with Gasteiger partial charge < -0.3 is 4.84 Å². The normalized spacial score (nSPS) is 10.0. The van der Waals surface area contributed by atoms with E-state index >= 15 is 0 Å². The van der Waals surface area contributed by atoms with Crippen LogP contribution in [0.4, 0.5) is 0 Å². The SMILES string of the molecule is CCCC(=O)N(C=O)OC(=O)Cc1ccc(-c2ccccc2)cc1. The number of carbonyl (C=O) groups excluding carboxylic acids is 3. The molecule has 0 aromatic heterocycles. The van der Waals surface area contributed by atoms with Crippen molar-refractivity contribution in [3.63, 3.8) is 0 Å². The zero-order valence-electron chi connectivity index (χ0n) is 13.5. The van der Waals surface area contributed by atoms with Gasteiger partial charge >= 0.3 is 5.97 Å². The van der Waals surface area contributed by atoms with Crippen molar-refractivity contribution >= 4 is 18.3 Å². The second kappa shape index (κ2) is 8.62. The van der Waals surface area contributed by atoms with Crippen LogP contribution in [-0.2, 0) is 25.6 Å². The number of hydrogen-bond donors (Lipinski definition) is 0. The molecule has 124 valence electrons. The van der Waals surface area contributed by atoms with Crippen LogP contribution in [0.5, 0.6) is 0 Å². The molecule has 0 heterocycles. The standard InChI is InChI=1S/C19H19NO4/c1-2-6-18(22)20(14-21)24-19(23)13-15-9-11-17(12-10-15)16-7-4-3-5-8-16/h3-5,7-12,14H,2,6,13H2,1H3. The molecular formula is C19H19NO4. The average Bonchev–Trinajstić information content (AvgIpc) is 2.61. The van der Waals surface area contributed by atoms with Gasteiger partial charge in [-0.3, -0.25) is 9.59 Å². The lowest BCUT2D eigenvalue weighted by Gasteiger charge is -2.14. The minimum Gasteiger partial charge on any atom is -0.330 e. The third-order valence-corrected chi connectivity index (χ3v) is 3.42. The van der Waals surface area contributed by atoms with Gasteiger partial charge in [-0.2, -0.15) is 0 Å². The van der Waals surface area contributed by atoms with E-state index in [-0.39, 0.29) is 19.3 Å². The van der Waals surface area contributed by atoms with Gasteiger partial charge in [-0.05, 0) is 23.1 Å². The molecule has 2 rings (SSSR count). The highest BCUT2D eigenvalue weighted by molar-refractivity contribution is 5.86. The molecule has 2 aromatic rings. The van der Waals surface area contributed by atoms with Crippen molar-refractivity contribution in [3.8, 4) is 11.1 Å². The minimum absolute atomic E-state index is 0.0151. The van der Waals surface area contributed by atoms with Gasteiger partial charge in [0.15, 0.2) is 0 Å². The van der Waals surface area contributed by atoms with Gasteiger partial charge in [0.25, 0.3) is 12.3 Å². The lowest BCUT2D eigenvalue weighted by atomic mass is 10.0. The van der Waals surface area contributed by atoms with E-state index in [0.29, 0.717) is 11.5 Å². The maximum Gasteiger partial charge on any atom is 0.337 e. The number of rotatable bonds is 6. The van der Waals surface area contributed by atoms with Crippen molar-refractivity contribution in [1.29, 1.82) is 0 Å². The summed E-state index contributed by atoms with van der Waals surface area (Å²) >= 11 is 0. The molecular weight excluding hydrogens is 306 g/mol. The highest BCUT2D eigenvalue weighted by atomic mass is 16.7. The summed E-state index contributed by atoms with van der Waals surface area (Å²) in [6, 6.07) is 17.4. The summed E-state index contributed by atoms with van der Waals surface area (Å²) in [4.78, 5) is 39.1. The molecule has 0 fully saturated rings. The zero-order chi connectivity index (χ0) is 17.4. The number of hydrogen-bond acceptors (Lipinski definition) is 4. The predicted molar refractivity (Wildman–Crippen MR) is 89.5 cm³/mol. The molecule has 0 N–H and O–H groups in total. The Labute approximate surface area is 140 Å². The van der Waals surface area contributed by atoms with Crippen LogP contribution in [0.1, 0.15) is 25.3 Å². The van der Waals surface area contributed by atoms with E-state index in [9.17, 15) is 14.4 Å². The Kier molecular flexibility index (Phi) is 6.25. The van der Waals surface area contributed by atoms with E-state index in [1.54, 1.807) is 6.92 Å². The topological polar surface area (TPSA) is 63.7 Å². The van der Waals surface area contributed by atoms with E-state index in [1.165, 1.54) is 0 Å². The Balaban J connectivity index is 1.97. The Morgan fingerprint density at radius 1 is 1.00 bits per heavy atom. The van der Waals surface area contributed by atoms with Gasteiger partial charge in [-0.1, -0.05) is 61.5 Å². The van der Waals surface area contributed by atoms with Crippen molar-refractivity contribution in [1.82, 2.24) is 5.06 Å². The van der Waals surface area contributed by atoms with E-state index in [0.717, 1.165) is 16.7 Å². The van der Waals surface area contributed by atoms with E-state index in [1.807, 2.05) is 54.6 Å². The van der Waals surface area contributed by atoms with Crippen LogP contribution in [0.2, 0.25) is 0 Å². The third kappa shape index (κ3) is 4.78. The highest BCUT2D eigenvalue weighted by Gasteiger charge is 2.17. The Hall–Kier alpha value is -2.95. The zero-order valence-corrected chi connectivity index (χ0v) is 13.5. The minimum atomic E-state index is -0.654. The Morgan fingerprint density at radius 3 is 2.21 bits per heavy atom. The molecule has 0 aliphatic rings. The van der Waals surface area contributed by atoms with Crippen LogP contribution in [0.3, 0.4) is 0 Å². The second-order valence-corrected chi connectivity index (χ2v) is 5.28. The van der Waals surface area contributed by atoms with E-state index in [2.05, 4.69) is 0 Å². The molecule has 0 atom stereocenters. The van der Waals surface area contributed by atoms with Crippen LogP contribution >= 0.6 is 0 Å². The fourth-order valence-corrected chi connectivity index (χ4v) is 2.21. The van der Waals surface area contributed by atoms with Crippen LogP contribution < -0.4 is 0 Å². The van der Waals surface area contributed by atoms with Crippen LogP contribution in [-0.4, -0.2) is 23.3 Å². The molecule has 5 heteroatoms. The van der Waals surface area contributed by atoms with Gasteiger partial charge in [0.05, 0.1) is 6.42 Å². The van der Waals surface area contributed by atoms with Gasteiger partial charge in [0.2, 0.25) is 0 Å². The van der Waals surface area contributed by atoms with E-state index < -0.39 is 11.9 Å². The Bertz CT molecular complexity index is 695. The van der Waals surface area contributed by atoms with Crippen molar-refractivity contribution in [2.75, 3.05) is 0 Å². The predicted octanol–water partition coefficient (Wildman–Crippen LogP) is 3.14. The van der Waals surface area contributed by atoms with Gasteiger partial charge in [-0.25, -0.2) is 4.79 Å². The smallest absolute Gasteiger partial charge is 0.330 e. The summed E-state index contributed by atoms with van der Waals surface area (Å²) < 4.78 is 0. The summed E-state index contributed by atoms with van der Waals surface area (Å²) in [5.74, 6) is -1.18. The Morgan fingerprint density at radius 2 is 1.62 bits per heavy atom. The fraction of sp³-hybridized carbons (Fsp3) is 0.211. The maximum atomic E-state index is 11.9. The molecule has 0 saturated carbocycles. The summed E-state index contributed by atoms with van der Waals surface area (Å²) in [6.07, 6.45) is 0.923. The molecule has 24 heavy (non-hydrogen) atoms. The first kappa shape index (κ1) is 17.4. The van der Waals surface area contributed by atoms with Gasteiger partial charge in [0.1, 0.15) is 0 Å². The van der Waals surface area contributed by atoms with Crippen LogP contribution in [0.25, 0.3) is 11.1 Å². The number of hydroxylamine groups is 2. The van der Waals surface area contributed by atoms with Crippen molar-refractivity contribution < 1.29 is 19.2 Å².